The maximum atomic E-state index is 15.1. The highest BCUT2D eigenvalue weighted by molar-refractivity contribution is 8.46. The first kappa shape index (κ1) is 24.4. The summed E-state index contributed by atoms with van der Waals surface area (Å²) in [5, 5.41) is 10.5. The fourth-order valence-corrected chi connectivity index (χ4v) is 6.38. The smallest absolute Gasteiger partial charge is 0.261 e. The molecule has 3 aromatic rings. The molecule has 12 heteroatoms. The predicted octanol–water partition coefficient (Wildman–Crippen LogP) is 3.75. The number of thiol groups is 1. The van der Waals surface area contributed by atoms with E-state index < -0.39 is 32.8 Å². The van der Waals surface area contributed by atoms with Crippen LogP contribution in [-0.2, 0) is 9.74 Å². The molecule has 3 heterocycles. The highest BCUT2D eigenvalue weighted by Gasteiger charge is 2.23. The van der Waals surface area contributed by atoms with Crippen LogP contribution in [0.15, 0.2) is 30.5 Å². The minimum absolute atomic E-state index is 0.196. The Morgan fingerprint density at radius 3 is 2.85 bits per heavy atom. The van der Waals surface area contributed by atoms with Crippen LogP contribution in [-0.4, -0.2) is 56.1 Å². The molecule has 0 saturated carbocycles. The number of anilines is 2. The molecule has 1 aliphatic heterocycles. The number of benzene rings is 1. The second-order valence-electron chi connectivity index (χ2n) is 8.30. The van der Waals surface area contributed by atoms with Gasteiger partial charge in [-0.25, -0.2) is 13.8 Å². The molecule has 1 aliphatic rings. The molecule has 0 aliphatic carbocycles. The maximum absolute atomic E-state index is 15.1. The average Bonchev–Trinajstić information content (AvgIpc) is 3.19. The van der Waals surface area contributed by atoms with Crippen LogP contribution in [0.1, 0.15) is 35.8 Å². The van der Waals surface area contributed by atoms with Crippen molar-refractivity contribution in [2.45, 2.75) is 19.8 Å². The van der Waals surface area contributed by atoms with Gasteiger partial charge in [-0.15, -0.1) is 0 Å². The van der Waals surface area contributed by atoms with Crippen LogP contribution < -0.4 is 10.0 Å². The van der Waals surface area contributed by atoms with Crippen LogP contribution >= 0.6 is 8.44 Å². The number of carbonyl (C=O) groups excluding carboxylic acids is 1. The van der Waals surface area contributed by atoms with E-state index in [1.807, 2.05) is 14.0 Å². The van der Waals surface area contributed by atoms with E-state index in [0.29, 0.717) is 23.2 Å². The molecule has 0 saturated heterocycles. The zero-order valence-electron chi connectivity index (χ0n) is 18.9. The van der Waals surface area contributed by atoms with Crippen LogP contribution in [0, 0.1) is 11.6 Å². The predicted molar refractivity (Wildman–Crippen MR) is 136 cm³/mol. The van der Waals surface area contributed by atoms with E-state index in [4.69, 9.17) is 0 Å². The van der Waals surface area contributed by atoms with Gasteiger partial charge in [0.25, 0.3) is 5.91 Å². The molecule has 8 nitrogen and oxygen atoms in total. The lowest BCUT2D eigenvalue weighted by atomic mass is 10.0. The van der Waals surface area contributed by atoms with Crippen LogP contribution in [0.25, 0.3) is 16.6 Å². The molecule has 0 spiro atoms. The molecular weight excluding hydrogens is 481 g/mol. The van der Waals surface area contributed by atoms with Gasteiger partial charge in [-0.1, -0.05) is 13.0 Å². The fourth-order valence-electron chi connectivity index (χ4n) is 3.83. The quantitative estimate of drug-likeness (QED) is 0.288. The average molecular weight is 509 g/mol. The van der Waals surface area contributed by atoms with Gasteiger partial charge in [0.2, 0.25) is 0 Å². The first-order chi connectivity index (χ1) is 16.2. The van der Waals surface area contributed by atoms with Gasteiger partial charge in [0.05, 0.1) is 23.3 Å². The summed E-state index contributed by atoms with van der Waals surface area (Å²) >= 11 is 0. The Morgan fingerprint density at radius 1 is 1.35 bits per heavy atom. The number of likely N-dealkylation sites (N-methyl/N-ethyl adjacent to an activating group) is 1. The standard InChI is InChI=1S/C22H27F2N6O2PS/c1-3-10-34(32,33)29-17-5-4-16(23)18(19(17)24)22(31)26-14-11-15-20(27-28-21(15)25-12-14)13-6-8-30(2)9-7-13/h4-6,11-12,34H,3,7-10,33H2,1-2H3,(H,26,31)(H,29,32)(H,25,27,28). The number of pyridine rings is 1. The van der Waals surface area contributed by atoms with Gasteiger partial charge >= 0.3 is 0 Å². The minimum atomic E-state index is -2.97. The summed E-state index contributed by atoms with van der Waals surface area (Å²) < 4.78 is 44.7. The molecule has 182 valence electrons. The lowest BCUT2D eigenvalue weighted by Crippen LogP contribution is -2.23. The van der Waals surface area contributed by atoms with Gasteiger partial charge in [-0.2, -0.15) is 5.10 Å². The van der Waals surface area contributed by atoms with Crippen molar-refractivity contribution in [2.75, 3.05) is 35.9 Å². The third-order valence-corrected chi connectivity index (χ3v) is 8.47. The summed E-state index contributed by atoms with van der Waals surface area (Å²) in [4.78, 5) is 19.3. The molecule has 0 radical (unpaired) electrons. The summed E-state index contributed by atoms with van der Waals surface area (Å²) in [6, 6.07) is 3.78. The minimum Gasteiger partial charge on any atom is -0.322 e. The number of carbonyl (C=O) groups is 1. The monoisotopic (exact) mass is 508 g/mol. The zero-order valence-corrected chi connectivity index (χ0v) is 20.9. The van der Waals surface area contributed by atoms with Crippen molar-refractivity contribution in [3.63, 3.8) is 0 Å². The van der Waals surface area contributed by atoms with Crippen molar-refractivity contribution < 1.29 is 17.8 Å². The number of H-pyrrole nitrogens is 1. The van der Waals surface area contributed by atoms with Crippen LogP contribution in [0.5, 0.6) is 0 Å². The number of hydrogen-bond donors (Lipinski definition) is 4. The molecular formula is C22H27F2N6O2PS. The van der Waals surface area contributed by atoms with Gasteiger partial charge in [0.1, 0.15) is 11.4 Å². The second kappa shape index (κ2) is 9.85. The first-order valence-corrected chi connectivity index (χ1v) is 14.4. The van der Waals surface area contributed by atoms with Gasteiger partial charge in [-0.05, 0) is 61.8 Å². The number of rotatable bonds is 7. The van der Waals surface area contributed by atoms with Crippen LogP contribution in [0.4, 0.5) is 20.2 Å². The summed E-state index contributed by atoms with van der Waals surface area (Å²) in [7, 11) is 1.26. The first-order valence-electron chi connectivity index (χ1n) is 10.9. The molecule has 3 N–H and O–H groups in total. The number of halogens is 2. The van der Waals surface area contributed by atoms with Crippen LogP contribution in [0.3, 0.4) is 0 Å². The van der Waals surface area contributed by atoms with Crippen LogP contribution in [0.2, 0.25) is 0 Å². The Kier molecular flexibility index (Phi) is 7.06. The fraction of sp³-hybridized carbons (Fsp3) is 0.318. The lowest BCUT2D eigenvalue weighted by molar-refractivity contribution is 0.101. The summed E-state index contributed by atoms with van der Waals surface area (Å²) in [6.07, 6.45) is 4.92. The van der Waals surface area contributed by atoms with E-state index in [-0.39, 0.29) is 11.4 Å². The lowest BCUT2D eigenvalue weighted by Gasteiger charge is -2.22. The third-order valence-electron chi connectivity index (χ3n) is 5.57. The van der Waals surface area contributed by atoms with E-state index in [9.17, 15) is 13.4 Å². The molecule has 4 rings (SSSR count). The van der Waals surface area contributed by atoms with E-state index in [2.05, 4.69) is 44.6 Å². The zero-order chi connectivity index (χ0) is 24.5. The van der Waals surface area contributed by atoms with E-state index in [1.54, 1.807) is 6.07 Å². The SMILES string of the molecule is CCC[SH](=O)(P)Nc1ccc(F)c(C(=O)Nc2cnc3[nH]nc(C4=CCN(C)CC4)c3c2)c1F. The number of aromatic amines is 1. The van der Waals surface area contributed by atoms with Crippen molar-refractivity contribution in [1.82, 2.24) is 20.1 Å². The Labute approximate surface area is 199 Å². The molecule has 1 unspecified atom stereocenters. The molecule has 1 atom stereocenters. The Bertz CT molecular complexity index is 1330. The summed E-state index contributed by atoms with van der Waals surface area (Å²) in [6.45, 7) is 3.55. The Balaban J connectivity index is 1.62. The second-order valence-corrected chi connectivity index (χ2v) is 13.1. The van der Waals surface area contributed by atoms with Gasteiger partial charge in [0, 0.05) is 24.2 Å². The van der Waals surface area contributed by atoms with Crippen molar-refractivity contribution in [3.05, 3.63) is 53.4 Å². The van der Waals surface area contributed by atoms with Crippen molar-refractivity contribution in [1.29, 1.82) is 0 Å². The molecule has 0 bridgehead atoms. The molecule has 0 fully saturated rings. The number of amides is 1. The number of nitrogens with zero attached hydrogens (tertiary/aromatic N) is 3. The van der Waals surface area contributed by atoms with Crippen molar-refractivity contribution in [3.8, 4) is 0 Å². The molecule has 34 heavy (non-hydrogen) atoms. The number of fused-ring (bicyclic) bond motifs is 1. The summed E-state index contributed by atoms with van der Waals surface area (Å²) in [5.74, 6) is -2.80. The normalized spacial score (nSPS) is 15.3. The van der Waals surface area contributed by atoms with E-state index in [0.717, 1.165) is 42.9 Å². The van der Waals surface area contributed by atoms with Crippen molar-refractivity contribution >= 4 is 52.1 Å². The Morgan fingerprint density at radius 2 is 2.15 bits per heavy atom. The van der Waals surface area contributed by atoms with Gasteiger partial charge in [0.15, 0.2) is 11.5 Å². The third kappa shape index (κ3) is 5.16. The number of nitrogens with one attached hydrogen (secondary N) is 3. The largest absolute Gasteiger partial charge is 0.322 e. The Hall–Kier alpha value is -2.75. The van der Waals surface area contributed by atoms with Gasteiger partial charge < -0.3 is 14.9 Å². The molecule has 1 amide bonds. The molecule has 2 aromatic heterocycles. The highest BCUT2D eigenvalue weighted by Crippen LogP contribution is 2.29. The molecule has 1 aromatic carbocycles. The highest BCUT2D eigenvalue weighted by atomic mass is 32.8. The van der Waals surface area contributed by atoms with Crippen molar-refractivity contribution in [2.24, 2.45) is 0 Å². The maximum Gasteiger partial charge on any atom is 0.261 e. The topological polar surface area (TPSA) is 103 Å². The van der Waals surface area contributed by atoms with E-state index >= 15 is 4.39 Å². The number of hydrogen-bond acceptors (Lipinski definition) is 5. The van der Waals surface area contributed by atoms with Gasteiger partial charge in [-0.3, -0.25) is 14.1 Å². The van der Waals surface area contributed by atoms with E-state index in [1.165, 1.54) is 6.20 Å². The summed E-state index contributed by atoms with van der Waals surface area (Å²) in [5.41, 5.74) is 1.66. The number of aromatic nitrogens is 3.